The molecule has 0 amide bonds. The van der Waals surface area contributed by atoms with Crippen molar-refractivity contribution in [1.29, 1.82) is 0 Å². The number of aliphatic carboxylic acids is 1. The molecule has 0 aromatic carbocycles. The summed E-state index contributed by atoms with van der Waals surface area (Å²) in [5.41, 5.74) is 4.91. The zero-order chi connectivity index (χ0) is 6.73. The van der Waals surface area contributed by atoms with Gasteiger partial charge < -0.3 is 15.9 Å². The molecule has 0 spiro atoms. The Morgan fingerprint density at radius 2 is 2.00 bits per heavy atom. The molecule has 0 bridgehead atoms. The molecule has 0 aromatic rings. The van der Waals surface area contributed by atoms with Crippen LogP contribution in [0.3, 0.4) is 0 Å². The molecule has 50 valence electrons. The Kier molecular flexibility index (Phi) is 6.99. The van der Waals surface area contributed by atoms with Gasteiger partial charge in [0.25, 0.3) is 0 Å². The minimum atomic E-state index is -1.18. The van der Waals surface area contributed by atoms with Crippen molar-refractivity contribution in [2.24, 2.45) is 5.73 Å². The number of carboxylic acids is 1. The monoisotopic (exact) mass is 143 g/mol. The standard InChI is InChI=1S/C4H9NO3.Na.H/c1-2(6)3(5)4(7)8;;/h2-3,6H,5H2,1H3,(H,7,8);;/t2?,3-;;/m0../s1. The molecule has 0 aliphatic heterocycles. The average Bonchev–Trinajstić information content (AvgIpc) is 1.64. The molecule has 9 heavy (non-hydrogen) atoms. The van der Waals surface area contributed by atoms with Gasteiger partial charge in [-0.1, -0.05) is 0 Å². The molecule has 4 N–H and O–H groups in total. The van der Waals surface area contributed by atoms with Gasteiger partial charge in [0.1, 0.15) is 6.04 Å². The van der Waals surface area contributed by atoms with E-state index in [1.165, 1.54) is 6.92 Å². The molecule has 2 atom stereocenters. The summed E-state index contributed by atoms with van der Waals surface area (Å²) >= 11 is 0. The Morgan fingerprint density at radius 3 is 2.00 bits per heavy atom. The Labute approximate surface area is 75.3 Å². The number of hydrogen-bond donors (Lipinski definition) is 3. The van der Waals surface area contributed by atoms with Gasteiger partial charge in [0.2, 0.25) is 0 Å². The second-order valence-corrected chi connectivity index (χ2v) is 1.60. The van der Waals surface area contributed by atoms with E-state index in [4.69, 9.17) is 15.9 Å². The number of carboxylic acid groups (broad SMARTS) is 1. The molecule has 0 heterocycles. The van der Waals surface area contributed by atoms with E-state index in [1.807, 2.05) is 0 Å². The molecule has 0 saturated carbocycles. The van der Waals surface area contributed by atoms with Crippen LogP contribution >= 0.6 is 0 Å². The quantitative estimate of drug-likeness (QED) is 0.395. The maximum atomic E-state index is 9.86. The summed E-state index contributed by atoms with van der Waals surface area (Å²) in [5.74, 6) is -1.18. The van der Waals surface area contributed by atoms with Gasteiger partial charge in [0.05, 0.1) is 6.10 Å². The van der Waals surface area contributed by atoms with Crippen LogP contribution in [0.4, 0.5) is 0 Å². The second-order valence-electron chi connectivity index (χ2n) is 1.60. The Balaban J connectivity index is 0. The Bertz CT molecular complexity index is 95.8. The normalized spacial score (nSPS) is 15.4. The SMILES string of the molecule is CC(O)[C@H](N)C(=O)O.[NaH]. The summed E-state index contributed by atoms with van der Waals surface area (Å²) in [6.45, 7) is 1.33. The van der Waals surface area contributed by atoms with Crippen molar-refractivity contribution in [3.63, 3.8) is 0 Å². The van der Waals surface area contributed by atoms with E-state index in [0.29, 0.717) is 0 Å². The topological polar surface area (TPSA) is 83.5 Å². The predicted molar refractivity (Wildman–Crippen MR) is 34.4 cm³/mol. The summed E-state index contributed by atoms with van der Waals surface area (Å²) in [6, 6.07) is -1.16. The van der Waals surface area contributed by atoms with Gasteiger partial charge >= 0.3 is 35.5 Å². The van der Waals surface area contributed by atoms with Crippen molar-refractivity contribution in [3.05, 3.63) is 0 Å². The first-order valence-corrected chi connectivity index (χ1v) is 2.22. The minimum absolute atomic E-state index is 0. The van der Waals surface area contributed by atoms with Crippen molar-refractivity contribution in [1.82, 2.24) is 0 Å². The van der Waals surface area contributed by atoms with Crippen molar-refractivity contribution >= 4 is 35.5 Å². The van der Waals surface area contributed by atoms with E-state index in [0.717, 1.165) is 0 Å². The molecular weight excluding hydrogens is 133 g/mol. The zero-order valence-corrected chi connectivity index (χ0v) is 4.53. The molecule has 0 aliphatic carbocycles. The first-order chi connectivity index (χ1) is 3.55. The summed E-state index contributed by atoms with van der Waals surface area (Å²) < 4.78 is 0. The molecule has 1 unspecified atom stereocenters. The number of nitrogens with two attached hydrogens (primary N) is 1. The van der Waals surface area contributed by atoms with Crippen LogP contribution in [0.15, 0.2) is 0 Å². The number of aliphatic hydroxyl groups is 1. The fourth-order valence-electron chi connectivity index (χ4n) is 0.206. The van der Waals surface area contributed by atoms with Crippen LogP contribution < -0.4 is 5.73 Å². The van der Waals surface area contributed by atoms with Crippen LogP contribution in [-0.2, 0) is 4.79 Å². The number of carbonyl (C=O) groups is 1. The number of rotatable bonds is 2. The maximum absolute atomic E-state index is 9.86. The van der Waals surface area contributed by atoms with Crippen LogP contribution in [0.25, 0.3) is 0 Å². The molecule has 5 heteroatoms. The van der Waals surface area contributed by atoms with Gasteiger partial charge in [-0.2, -0.15) is 0 Å². The zero-order valence-electron chi connectivity index (χ0n) is 4.53. The van der Waals surface area contributed by atoms with E-state index in [9.17, 15) is 4.79 Å². The summed E-state index contributed by atoms with van der Waals surface area (Å²) in [5, 5.41) is 16.6. The first kappa shape index (κ1) is 12.1. The van der Waals surface area contributed by atoms with Crippen LogP contribution in [0.2, 0.25) is 0 Å². The third-order valence-electron chi connectivity index (χ3n) is 0.805. The summed E-state index contributed by atoms with van der Waals surface area (Å²) in [7, 11) is 0. The van der Waals surface area contributed by atoms with E-state index < -0.39 is 18.1 Å². The van der Waals surface area contributed by atoms with E-state index in [1.54, 1.807) is 0 Å². The van der Waals surface area contributed by atoms with Crippen molar-refractivity contribution < 1.29 is 15.0 Å². The summed E-state index contributed by atoms with van der Waals surface area (Å²) in [4.78, 5) is 9.86. The van der Waals surface area contributed by atoms with Gasteiger partial charge in [-0.15, -0.1) is 0 Å². The third kappa shape index (κ3) is 4.87. The molecule has 0 fully saturated rings. The first-order valence-electron chi connectivity index (χ1n) is 2.22. The predicted octanol–water partition coefficient (Wildman–Crippen LogP) is -1.87. The Morgan fingerprint density at radius 1 is 1.67 bits per heavy atom. The van der Waals surface area contributed by atoms with E-state index in [-0.39, 0.29) is 29.6 Å². The van der Waals surface area contributed by atoms with E-state index >= 15 is 0 Å². The third-order valence-corrected chi connectivity index (χ3v) is 0.805. The van der Waals surface area contributed by atoms with Gasteiger partial charge in [0.15, 0.2) is 0 Å². The van der Waals surface area contributed by atoms with E-state index in [2.05, 4.69) is 0 Å². The molecule has 0 rings (SSSR count). The van der Waals surface area contributed by atoms with Gasteiger partial charge in [0, 0.05) is 0 Å². The molecule has 0 radical (unpaired) electrons. The fraction of sp³-hybridized carbons (Fsp3) is 0.750. The fourth-order valence-corrected chi connectivity index (χ4v) is 0.206. The molecular formula is C4H10NNaO3. The Hall–Kier alpha value is 0.390. The van der Waals surface area contributed by atoms with Gasteiger partial charge in [-0.05, 0) is 6.92 Å². The number of hydrogen-bond acceptors (Lipinski definition) is 3. The number of aliphatic hydroxyl groups excluding tert-OH is 1. The molecule has 0 saturated heterocycles. The molecule has 0 aromatic heterocycles. The molecule has 4 nitrogen and oxygen atoms in total. The van der Waals surface area contributed by atoms with Crippen LogP contribution in [-0.4, -0.2) is 57.9 Å². The van der Waals surface area contributed by atoms with Crippen LogP contribution in [0.1, 0.15) is 6.92 Å². The molecule has 0 aliphatic rings. The van der Waals surface area contributed by atoms with Gasteiger partial charge in [-0.3, -0.25) is 4.79 Å². The second kappa shape index (κ2) is 5.20. The van der Waals surface area contributed by atoms with Crippen LogP contribution in [0.5, 0.6) is 0 Å². The summed E-state index contributed by atoms with van der Waals surface area (Å²) in [6.07, 6.45) is -0.979. The van der Waals surface area contributed by atoms with Crippen molar-refractivity contribution in [2.45, 2.75) is 19.1 Å². The van der Waals surface area contributed by atoms with Crippen molar-refractivity contribution in [3.8, 4) is 0 Å². The average molecular weight is 143 g/mol. The van der Waals surface area contributed by atoms with Crippen LogP contribution in [0, 0.1) is 0 Å². The van der Waals surface area contributed by atoms with Crippen molar-refractivity contribution in [2.75, 3.05) is 0 Å². The van der Waals surface area contributed by atoms with Gasteiger partial charge in [-0.25, -0.2) is 0 Å².